The minimum absolute atomic E-state index is 0.0348. The van der Waals surface area contributed by atoms with Crippen LogP contribution in [0.1, 0.15) is 60.3 Å². The molecule has 2 aliphatic carbocycles. The molecule has 11 heteroatoms. The Morgan fingerprint density at radius 2 is 1.67 bits per heavy atom. The van der Waals surface area contributed by atoms with Gasteiger partial charge in [-0.15, -0.1) is 0 Å². The lowest BCUT2D eigenvalue weighted by atomic mass is 9.57. The number of amides is 2. The van der Waals surface area contributed by atoms with Crippen LogP contribution < -0.4 is 0 Å². The Balaban J connectivity index is 0.850. The quantitative estimate of drug-likeness (QED) is 0.641. The summed E-state index contributed by atoms with van der Waals surface area (Å²) in [6.07, 6.45) is -0.0626. The normalized spacial score (nSPS) is 24.9. The monoisotopic (exact) mass is 504 g/mol. The van der Waals surface area contributed by atoms with Crippen molar-refractivity contribution in [1.82, 2.24) is 29.9 Å². The largest absolute Gasteiger partial charge is 0.416 e. The molecule has 0 atom stereocenters. The van der Waals surface area contributed by atoms with E-state index >= 15 is 0 Å². The van der Waals surface area contributed by atoms with E-state index < -0.39 is 17.6 Å². The summed E-state index contributed by atoms with van der Waals surface area (Å²) < 4.78 is 52.4. The molecule has 2 spiro atoms. The van der Waals surface area contributed by atoms with Crippen LogP contribution in [0.5, 0.6) is 0 Å². The number of H-pyrrole nitrogens is 1. The number of carbonyl (C=O) groups is 1. The van der Waals surface area contributed by atoms with E-state index in [0.717, 1.165) is 56.7 Å². The van der Waals surface area contributed by atoms with Gasteiger partial charge in [-0.1, -0.05) is 6.07 Å². The third kappa shape index (κ3) is 3.69. The fourth-order valence-corrected chi connectivity index (χ4v) is 6.74. The number of alkyl halides is 3. The highest BCUT2D eigenvalue weighted by molar-refractivity contribution is 5.77. The molecule has 1 aromatic heterocycles. The van der Waals surface area contributed by atoms with Crippen LogP contribution in [0, 0.1) is 16.6 Å². The lowest BCUT2D eigenvalue weighted by molar-refractivity contribution is -0.137. The molecule has 2 saturated carbocycles. The summed E-state index contributed by atoms with van der Waals surface area (Å²) in [4.78, 5) is 23.4. The average molecular weight is 505 g/mol. The van der Waals surface area contributed by atoms with Gasteiger partial charge in [0, 0.05) is 74.0 Å². The van der Waals surface area contributed by atoms with E-state index in [0.29, 0.717) is 31.0 Å². The fraction of sp³-hybridized carbons (Fsp3) is 0.640. The number of rotatable bonds is 4. The van der Waals surface area contributed by atoms with Gasteiger partial charge in [-0.25, -0.2) is 14.2 Å². The second-order valence-corrected chi connectivity index (χ2v) is 11.9. The Morgan fingerprint density at radius 3 is 2.28 bits per heavy atom. The van der Waals surface area contributed by atoms with Crippen LogP contribution in [0.4, 0.5) is 22.4 Å². The molecule has 7 rings (SSSR count). The van der Waals surface area contributed by atoms with Gasteiger partial charge in [-0.05, 0) is 37.8 Å². The standard InChI is InChI=1S/C25H28F4N6O/c26-19-5-18(25(27,28)29)4-3-16(19)8-33-9-24(10-33)13-35(14-24)22(36)34-11-23(12-34)6-17(7-23)21-30-20(31-32-21)15-1-2-15/h3-5,15,17H,1-2,6-14H2,(H,30,31,32). The van der Waals surface area contributed by atoms with E-state index in [-0.39, 0.29) is 29.0 Å². The lowest BCUT2D eigenvalue weighted by Gasteiger charge is -2.63. The number of nitrogens with one attached hydrogen (secondary N) is 1. The van der Waals surface area contributed by atoms with Crippen LogP contribution in [-0.2, 0) is 12.7 Å². The summed E-state index contributed by atoms with van der Waals surface area (Å²) in [7, 11) is 0. The van der Waals surface area contributed by atoms with E-state index in [1.54, 1.807) is 0 Å². The molecule has 36 heavy (non-hydrogen) atoms. The van der Waals surface area contributed by atoms with Crippen molar-refractivity contribution < 1.29 is 22.4 Å². The Labute approximate surface area is 205 Å². The van der Waals surface area contributed by atoms with E-state index in [9.17, 15) is 22.4 Å². The number of aromatic amines is 1. The van der Waals surface area contributed by atoms with Crippen LogP contribution in [0.25, 0.3) is 0 Å². The SMILES string of the molecule is O=C(N1CC2(CC(c3n[nH]c(C4CC4)n3)C2)C1)N1CC2(CN(Cc3ccc(C(F)(F)F)cc3F)C2)C1. The number of benzene rings is 1. The highest BCUT2D eigenvalue weighted by Gasteiger charge is 2.58. The highest BCUT2D eigenvalue weighted by atomic mass is 19.4. The van der Waals surface area contributed by atoms with E-state index in [4.69, 9.17) is 0 Å². The van der Waals surface area contributed by atoms with Crippen molar-refractivity contribution in [3.8, 4) is 0 Å². The van der Waals surface area contributed by atoms with Gasteiger partial charge in [0.15, 0.2) is 5.82 Å². The number of halogens is 4. The smallest absolute Gasteiger partial charge is 0.323 e. The third-order valence-electron chi connectivity index (χ3n) is 8.75. The molecule has 7 nitrogen and oxygen atoms in total. The summed E-state index contributed by atoms with van der Waals surface area (Å²) >= 11 is 0. The van der Waals surface area contributed by atoms with Crippen LogP contribution in [0.15, 0.2) is 18.2 Å². The van der Waals surface area contributed by atoms with Crippen molar-refractivity contribution in [2.45, 2.75) is 50.2 Å². The number of nitrogens with zero attached hydrogens (tertiary/aromatic N) is 5. The Hall–Kier alpha value is -2.69. The summed E-state index contributed by atoms with van der Waals surface area (Å²) in [5.41, 5.74) is -0.443. The molecule has 3 saturated heterocycles. The molecule has 4 heterocycles. The number of hydrogen-bond donors (Lipinski definition) is 1. The molecule has 3 aliphatic heterocycles. The zero-order chi connectivity index (χ0) is 24.9. The Kier molecular flexibility index (Phi) is 4.64. The van der Waals surface area contributed by atoms with Gasteiger partial charge in [0.2, 0.25) is 0 Å². The van der Waals surface area contributed by atoms with Crippen molar-refractivity contribution in [2.75, 3.05) is 39.3 Å². The van der Waals surface area contributed by atoms with Gasteiger partial charge in [0.1, 0.15) is 11.6 Å². The average Bonchev–Trinajstić information content (AvgIpc) is 3.44. The number of urea groups is 1. The van der Waals surface area contributed by atoms with Gasteiger partial charge >= 0.3 is 12.2 Å². The highest BCUT2D eigenvalue weighted by Crippen LogP contribution is 2.56. The van der Waals surface area contributed by atoms with Crippen molar-refractivity contribution in [3.63, 3.8) is 0 Å². The molecular weight excluding hydrogens is 476 g/mol. The summed E-state index contributed by atoms with van der Waals surface area (Å²) in [5, 5.41) is 7.50. The lowest BCUT2D eigenvalue weighted by Crippen LogP contribution is -2.75. The molecule has 1 N–H and O–H groups in total. The van der Waals surface area contributed by atoms with Crippen LogP contribution in [0.3, 0.4) is 0 Å². The predicted octanol–water partition coefficient (Wildman–Crippen LogP) is 3.96. The van der Waals surface area contributed by atoms with E-state index in [1.807, 2.05) is 14.7 Å². The molecule has 0 radical (unpaired) electrons. The van der Waals surface area contributed by atoms with Crippen LogP contribution >= 0.6 is 0 Å². The minimum Gasteiger partial charge on any atom is -0.323 e. The maximum Gasteiger partial charge on any atom is 0.416 e. The molecule has 5 fully saturated rings. The molecule has 2 amide bonds. The zero-order valence-electron chi connectivity index (χ0n) is 19.8. The van der Waals surface area contributed by atoms with E-state index in [2.05, 4.69) is 15.2 Å². The summed E-state index contributed by atoms with van der Waals surface area (Å²) in [6.45, 7) is 4.69. The number of likely N-dealkylation sites (tertiary alicyclic amines) is 3. The first-order valence-electron chi connectivity index (χ1n) is 12.6. The maximum atomic E-state index is 14.2. The van der Waals surface area contributed by atoms with Gasteiger partial charge in [-0.3, -0.25) is 10.00 Å². The van der Waals surface area contributed by atoms with Crippen molar-refractivity contribution in [1.29, 1.82) is 0 Å². The predicted molar refractivity (Wildman–Crippen MR) is 120 cm³/mol. The number of hydrogen-bond acceptors (Lipinski definition) is 4. The third-order valence-corrected chi connectivity index (χ3v) is 8.75. The van der Waals surface area contributed by atoms with Gasteiger partial charge in [-0.2, -0.15) is 18.3 Å². The van der Waals surface area contributed by atoms with Crippen molar-refractivity contribution >= 4 is 6.03 Å². The second kappa shape index (κ2) is 7.43. The molecular formula is C25H28F4N6O. The zero-order valence-corrected chi connectivity index (χ0v) is 19.8. The maximum absolute atomic E-state index is 14.2. The van der Waals surface area contributed by atoms with Crippen molar-refractivity contribution in [3.05, 3.63) is 46.8 Å². The topological polar surface area (TPSA) is 68.4 Å². The molecule has 2 aromatic rings. The van der Waals surface area contributed by atoms with Gasteiger partial charge in [0.05, 0.1) is 5.56 Å². The molecule has 0 unspecified atom stereocenters. The van der Waals surface area contributed by atoms with Crippen LogP contribution in [-0.4, -0.2) is 75.2 Å². The first kappa shape index (κ1) is 22.5. The number of carbonyl (C=O) groups excluding carboxylic acids is 1. The van der Waals surface area contributed by atoms with Gasteiger partial charge in [0.25, 0.3) is 0 Å². The second-order valence-electron chi connectivity index (χ2n) is 11.9. The summed E-state index contributed by atoms with van der Waals surface area (Å²) in [6, 6.07) is 2.81. The van der Waals surface area contributed by atoms with Gasteiger partial charge < -0.3 is 9.80 Å². The summed E-state index contributed by atoms with van der Waals surface area (Å²) in [5.74, 6) is 2.11. The molecule has 1 aromatic carbocycles. The fourth-order valence-electron chi connectivity index (χ4n) is 6.74. The van der Waals surface area contributed by atoms with E-state index in [1.165, 1.54) is 18.9 Å². The first-order valence-corrected chi connectivity index (χ1v) is 12.6. The first-order chi connectivity index (χ1) is 17.1. The Bertz CT molecular complexity index is 1200. The van der Waals surface area contributed by atoms with Crippen molar-refractivity contribution in [2.24, 2.45) is 10.8 Å². The molecule has 0 bridgehead atoms. The Morgan fingerprint density at radius 1 is 1.00 bits per heavy atom. The minimum atomic E-state index is -4.55. The molecule has 5 aliphatic rings. The number of aromatic nitrogens is 3. The van der Waals surface area contributed by atoms with Crippen LogP contribution in [0.2, 0.25) is 0 Å². The molecule has 192 valence electrons.